The molecule has 9 nitrogen and oxygen atoms in total. The van der Waals surface area contributed by atoms with Crippen molar-refractivity contribution in [1.29, 1.82) is 0 Å². The minimum absolute atomic E-state index is 0.0650. The Morgan fingerprint density at radius 2 is 1.44 bits per heavy atom. The number of hydrogen-bond donors (Lipinski definition) is 3. The van der Waals surface area contributed by atoms with Crippen molar-refractivity contribution < 1.29 is 39.2 Å². The Kier molecular flexibility index (Phi) is 9.26. The average Bonchev–Trinajstić information content (AvgIpc) is 3.42. The molecule has 0 aliphatic heterocycles. The van der Waals surface area contributed by atoms with Crippen LogP contribution in [0.15, 0.2) is 79.1 Å². The van der Waals surface area contributed by atoms with Crippen LogP contribution >= 0.6 is 0 Å². The summed E-state index contributed by atoms with van der Waals surface area (Å²) in [6.07, 6.45) is 7.03. The third kappa shape index (κ3) is 7.14. The van der Waals surface area contributed by atoms with Crippen LogP contribution in [0.25, 0.3) is 23.4 Å². The van der Waals surface area contributed by atoms with E-state index in [0.29, 0.717) is 22.6 Å². The summed E-state index contributed by atoms with van der Waals surface area (Å²) in [5.74, 6) is -2.24. The summed E-state index contributed by atoms with van der Waals surface area (Å²) in [7, 11) is 2.99. The van der Waals surface area contributed by atoms with E-state index in [4.69, 9.17) is 14.6 Å². The van der Waals surface area contributed by atoms with E-state index >= 15 is 0 Å². The number of ether oxygens (including phenoxy) is 2. The van der Waals surface area contributed by atoms with Crippen molar-refractivity contribution in [3.05, 3.63) is 107 Å². The smallest absolute Gasteiger partial charge is 0.337 e. The van der Waals surface area contributed by atoms with E-state index in [9.17, 15) is 24.6 Å². The Balaban J connectivity index is 0.000000230. The summed E-state index contributed by atoms with van der Waals surface area (Å²) >= 11 is 0. The van der Waals surface area contributed by atoms with Gasteiger partial charge in [0.05, 0.1) is 30.9 Å². The summed E-state index contributed by atoms with van der Waals surface area (Å²) in [6, 6.07) is 19.3. The first-order valence-corrected chi connectivity index (χ1v) is 11.6. The Morgan fingerprint density at radius 3 is 1.95 bits per heavy atom. The van der Waals surface area contributed by atoms with E-state index in [2.05, 4.69) is 0 Å². The summed E-state index contributed by atoms with van der Waals surface area (Å²) in [4.78, 5) is 33.5. The van der Waals surface area contributed by atoms with Gasteiger partial charge in [-0.25, -0.2) is 14.4 Å². The maximum atomic E-state index is 11.4. The number of carboxylic acids is 3. The largest absolute Gasteiger partial charge is 0.497 e. The highest BCUT2D eigenvalue weighted by molar-refractivity contribution is 5.99. The molecule has 0 radical (unpaired) electrons. The Bertz CT molecular complexity index is 1480. The number of carboxylic acid groups (broad SMARTS) is 3. The number of carbonyl (C=O) groups is 3. The molecule has 39 heavy (non-hydrogen) atoms. The van der Waals surface area contributed by atoms with Gasteiger partial charge >= 0.3 is 17.9 Å². The van der Waals surface area contributed by atoms with Crippen LogP contribution in [0.5, 0.6) is 11.5 Å². The number of benzene rings is 3. The molecular formula is C30H27NO8. The normalized spacial score (nSPS) is 10.4. The Labute approximate surface area is 224 Å². The second-order valence-corrected chi connectivity index (χ2v) is 8.25. The molecule has 0 aliphatic carbocycles. The second kappa shape index (κ2) is 12.8. The number of rotatable bonds is 8. The molecule has 0 saturated heterocycles. The number of hydrogen-bond acceptors (Lipinski definition) is 5. The highest BCUT2D eigenvalue weighted by atomic mass is 16.5. The third-order valence-electron chi connectivity index (χ3n) is 5.79. The van der Waals surface area contributed by atoms with Crippen LogP contribution in [0.1, 0.15) is 42.2 Å². The summed E-state index contributed by atoms with van der Waals surface area (Å²) in [6.45, 7) is 1.47. The summed E-state index contributed by atoms with van der Waals surface area (Å²) in [5, 5.41) is 27.4. The topological polar surface area (TPSA) is 135 Å². The first kappa shape index (κ1) is 28.3. The van der Waals surface area contributed by atoms with Crippen LogP contribution in [0.2, 0.25) is 0 Å². The summed E-state index contributed by atoms with van der Waals surface area (Å²) < 4.78 is 12.2. The number of nitrogens with zero attached hydrogens (tertiary/aromatic N) is 1. The van der Waals surface area contributed by atoms with Gasteiger partial charge < -0.3 is 29.4 Å². The highest BCUT2D eigenvalue weighted by Gasteiger charge is 2.19. The fourth-order valence-electron chi connectivity index (χ4n) is 3.72. The monoisotopic (exact) mass is 529 g/mol. The van der Waals surface area contributed by atoms with Gasteiger partial charge in [-0.05, 0) is 66.1 Å². The number of aromatic carboxylic acids is 3. The van der Waals surface area contributed by atoms with Gasteiger partial charge in [-0.3, -0.25) is 0 Å². The van der Waals surface area contributed by atoms with Crippen LogP contribution in [0.3, 0.4) is 0 Å². The molecule has 1 aromatic heterocycles. The van der Waals surface area contributed by atoms with Crippen molar-refractivity contribution in [2.75, 3.05) is 14.2 Å². The van der Waals surface area contributed by atoms with Gasteiger partial charge in [-0.15, -0.1) is 0 Å². The van der Waals surface area contributed by atoms with Crippen molar-refractivity contribution in [3.63, 3.8) is 0 Å². The molecule has 0 amide bonds. The quantitative estimate of drug-likeness (QED) is 0.257. The van der Waals surface area contributed by atoms with Crippen LogP contribution < -0.4 is 9.47 Å². The molecule has 4 rings (SSSR count). The summed E-state index contributed by atoms with van der Waals surface area (Å²) in [5.41, 5.74) is 2.42. The van der Waals surface area contributed by atoms with E-state index in [-0.39, 0.29) is 22.3 Å². The maximum Gasteiger partial charge on any atom is 0.337 e. The molecule has 0 bridgehead atoms. The predicted molar refractivity (Wildman–Crippen MR) is 147 cm³/mol. The van der Waals surface area contributed by atoms with Gasteiger partial charge in [-0.2, -0.15) is 0 Å². The third-order valence-corrected chi connectivity index (χ3v) is 5.79. The molecule has 0 atom stereocenters. The van der Waals surface area contributed by atoms with Gasteiger partial charge in [-0.1, -0.05) is 30.3 Å². The standard InChI is InChI=1S/C17H16O6.C13H11NO2/c1-9-12(16(18)19)6-10(7-13(9)17(20)21)14-8-11(22-2)4-5-15(14)23-3;15-13(16)12-7-9-14(10-12)8-6-11-4-2-1-3-5-11/h4-8H,1-3H3,(H,18,19)(H,20,21);1-10H,(H,15,16). The van der Waals surface area contributed by atoms with Crippen molar-refractivity contribution in [2.45, 2.75) is 6.92 Å². The molecular weight excluding hydrogens is 502 g/mol. The molecule has 0 saturated carbocycles. The zero-order valence-electron chi connectivity index (χ0n) is 21.5. The maximum absolute atomic E-state index is 11.4. The SMILES string of the molecule is COc1ccc(OC)c(-c2cc(C(=O)O)c(C)c(C(=O)O)c2)c1.O=C(O)c1ccn(C=Cc2ccccc2)c1. The molecule has 0 spiro atoms. The molecule has 0 unspecified atom stereocenters. The van der Waals surface area contributed by atoms with Gasteiger partial charge in [0, 0.05) is 24.2 Å². The molecule has 200 valence electrons. The van der Waals surface area contributed by atoms with Gasteiger partial charge in [0.15, 0.2) is 0 Å². The van der Waals surface area contributed by atoms with Gasteiger partial charge in [0.2, 0.25) is 0 Å². The van der Waals surface area contributed by atoms with E-state index in [1.165, 1.54) is 33.3 Å². The van der Waals surface area contributed by atoms with Crippen LogP contribution in [0, 0.1) is 6.92 Å². The zero-order valence-corrected chi connectivity index (χ0v) is 21.5. The molecule has 3 N–H and O–H groups in total. The fourth-order valence-corrected chi connectivity index (χ4v) is 3.72. The van der Waals surface area contributed by atoms with Crippen LogP contribution in [0.4, 0.5) is 0 Å². The molecule has 0 aliphatic rings. The van der Waals surface area contributed by atoms with E-state index in [1.54, 1.807) is 41.2 Å². The first-order chi connectivity index (χ1) is 18.6. The van der Waals surface area contributed by atoms with E-state index in [0.717, 1.165) is 5.56 Å². The lowest BCUT2D eigenvalue weighted by molar-refractivity contribution is 0.0681. The molecule has 4 aromatic rings. The van der Waals surface area contributed by atoms with Crippen molar-refractivity contribution in [3.8, 4) is 22.6 Å². The fraction of sp³-hybridized carbons (Fsp3) is 0.100. The van der Waals surface area contributed by atoms with Crippen LogP contribution in [-0.4, -0.2) is 52.0 Å². The molecule has 0 fully saturated rings. The van der Waals surface area contributed by atoms with Gasteiger partial charge in [0.25, 0.3) is 0 Å². The first-order valence-electron chi connectivity index (χ1n) is 11.6. The van der Waals surface area contributed by atoms with Crippen molar-refractivity contribution >= 4 is 30.2 Å². The lowest BCUT2D eigenvalue weighted by atomic mass is 9.94. The molecule has 3 aromatic carbocycles. The minimum atomic E-state index is -1.19. The Morgan fingerprint density at radius 1 is 0.795 bits per heavy atom. The zero-order chi connectivity index (χ0) is 28.5. The predicted octanol–water partition coefficient (Wildman–Crippen LogP) is 5.89. The van der Waals surface area contributed by atoms with Gasteiger partial charge in [0.1, 0.15) is 11.5 Å². The highest BCUT2D eigenvalue weighted by Crippen LogP contribution is 2.35. The van der Waals surface area contributed by atoms with Crippen LogP contribution in [-0.2, 0) is 0 Å². The van der Waals surface area contributed by atoms with Crippen molar-refractivity contribution in [1.82, 2.24) is 4.57 Å². The second-order valence-electron chi connectivity index (χ2n) is 8.25. The molecule has 1 heterocycles. The number of methoxy groups -OCH3 is 2. The Hall–Kier alpha value is -5.31. The van der Waals surface area contributed by atoms with Crippen molar-refractivity contribution in [2.24, 2.45) is 0 Å². The minimum Gasteiger partial charge on any atom is -0.497 e. The lowest BCUT2D eigenvalue weighted by Gasteiger charge is -2.14. The average molecular weight is 530 g/mol. The molecule has 9 heteroatoms. The number of aromatic nitrogens is 1. The lowest BCUT2D eigenvalue weighted by Crippen LogP contribution is -2.08. The van der Waals surface area contributed by atoms with E-state index < -0.39 is 17.9 Å². The van der Waals surface area contributed by atoms with E-state index in [1.807, 2.05) is 42.6 Å².